The molecule has 0 bridgehead atoms. The summed E-state index contributed by atoms with van der Waals surface area (Å²) in [5.74, 6) is -0.413. The van der Waals surface area contributed by atoms with Crippen LogP contribution in [0.4, 0.5) is 34.1 Å². The van der Waals surface area contributed by atoms with E-state index in [1.807, 2.05) is 126 Å². The van der Waals surface area contributed by atoms with Crippen LogP contribution in [0.2, 0.25) is 0 Å². The molecule has 4 aliphatic heterocycles. The molecule has 0 unspecified atom stereocenters. The molecule has 490 valence electrons. The van der Waals surface area contributed by atoms with E-state index in [4.69, 9.17) is 4.74 Å². The number of anilines is 6. The van der Waals surface area contributed by atoms with Crippen molar-refractivity contribution in [3.05, 3.63) is 295 Å². The van der Waals surface area contributed by atoms with Crippen LogP contribution >= 0.6 is 0 Å². The fraction of sp³-hybridized carbons (Fsp3) is 0.170. The third-order valence-corrected chi connectivity index (χ3v) is 22.5. The standard InChI is InChI=1S/C94H81B2N3OSe/c1-91(2,3)62-45-48-77-72(49-62)67-39-25-28-42-76(67)97(77)66-46-47-73-78(56-66)98(88-68(58-31-17-13-18-32-58)50-63(92(4,5)6)51-69(88)59-33-19-14-20-34-59)79-54-65(94(10,11)12)55-80-85(79)96(73)86-81(57-84-87-90(86)100-82-43-29-26-40-74(82)95(87)75-41-27-30-44-83(75)101-84)99(80)89-70(60-35-21-15-22-36-60)52-64(93(7,8)9)53-71(89)61-37-23-16-24-38-61/h13-57H,1-12H3/i25D,26D,27D,28D,29D,30D,39D,40D,41D,42D,43D,44D,45D,46D,47D,48D,49D,56D,57D. The fourth-order valence-corrected chi connectivity index (χ4v) is 17.4. The summed E-state index contributed by atoms with van der Waals surface area (Å²) < 4.78 is 203. The number of para-hydroxylation sites is 2. The van der Waals surface area contributed by atoms with Crippen molar-refractivity contribution in [2.75, 3.05) is 9.80 Å². The Labute approximate surface area is 629 Å². The van der Waals surface area contributed by atoms with Gasteiger partial charge in [0.1, 0.15) is 0 Å². The molecule has 4 nitrogen and oxygen atoms in total. The summed E-state index contributed by atoms with van der Waals surface area (Å²) in [6.07, 6.45) is 0. The summed E-state index contributed by atoms with van der Waals surface area (Å²) in [7, 11) is 0. The zero-order chi connectivity index (χ0) is 85.7. The minimum atomic E-state index is -1.50. The molecule has 0 atom stereocenters. The van der Waals surface area contributed by atoms with E-state index < -0.39 is 152 Å². The van der Waals surface area contributed by atoms with Gasteiger partial charge in [-0.2, -0.15) is 0 Å². The van der Waals surface area contributed by atoms with Crippen LogP contribution in [0.15, 0.2) is 273 Å². The second-order valence-electron chi connectivity index (χ2n) is 30.9. The summed E-state index contributed by atoms with van der Waals surface area (Å²) in [5.41, 5.74) is 7.27. The van der Waals surface area contributed by atoms with E-state index in [-0.39, 0.29) is 105 Å². The third kappa shape index (κ3) is 10.2. The van der Waals surface area contributed by atoms with E-state index in [9.17, 15) is 26.0 Å². The molecule has 0 spiro atoms. The maximum atomic E-state index is 12.0. The van der Waals surface area contributed by atoms with Crippen molar-refractivity contribution in [3.63, 3.8) is 0 Å². The molecule has 0 aliphatic carbocycles. The van der Waals surface area contributed by atoms with Crippen LogP contribution in [-0.2, 0) is 21.7 Å². The van der Waals surface area contributed by atoms with Crippen molar-refractivity contribution in [2.24, 2.45) is 0 Å². The molecule has 13 aromatic carbocycles. The van der Waals surface area contributed by atoms with Crippen molar-refractivity contribution in [1.29, 1.82) is 0 Å². The van der Waals surface area contributed by atoms with Gasteiger partial charge in [0, 0.05) is 0 Å². The van der Waals surface area contributed by atoms with Gasteiger partial charge in [-0.3, -0.25) is 0 Å². The van der Waals surface area contributed by atoms with Gasteiger partial charge in [-0.25, -0.2) is 0 Å². The number of aromatic nitrogens is 1. The third-order valence-electron chi connectivity index (χ3n) is 20.3. The molecule has 0 radical (unpaired) electrons. The molecule has 101 heavy (non-hydrogen) atoms. The van der Waals surface area contributed by atoms with Gasteiger partial charge in [-0.05, 0) is 22.4 Å². The Morgan fingerprint density at radius 1 is 0.356 bits per heavy atom. The Balaban J connectivity index is 1.14. The number of benzene rings is 13. The summed E-state index contributed by atoms with van der Waals surface area (Å²) in [5, 5.41) is -0.332. The number of rotatable bonds is 7. The maximum absolute atomic E-state index is 12.0. The van der Waals surface area contributed by atoms with E-state index in [0.717, 1.165) is 38.9 Å². The molecule has 14 aromatic rings. The van der Waals surface area contributed by atoms with Gasteiger partial charge in [0.15, 0.2) is 0 Å². The Bertz CT molecular complexity index is 6760. The summed E-state index contributed by atoms with van der Waals surface area (Å²) in [6.45, 7) is 21.5. The number of ether oxygens (including phenoxy) is 1. The van der Waals surface area contributed by atoms with Gasteiger partial charge < -0.3 is 0 Å². The second kappa shape index (κ2) is 23.1. The zero-order valence-corrected chi connectivity index (χ0v) is 60.0. The molecule has 5 heterocycles. The quantitative estimate of drug-likeness (QED) is 0.148. The topological polar surface area (TPSA) is 20.6 Å². The van der Waals surface area contributed by atoms with Crippen LogP contribution in [0.25, 0.3) is 72.0 Å². The van der Waals surface area contributed by atoms with Gasteiger partial charge in [-0.1, -0.05) is 102 Å². The molecule has 0 saturated heterocycles. The van der Waals surface area contributed by atoms with Crippen molar-refractivity contribution < 1.29 is 30.8 Å². The fourth-order valence-electron chi connectivity index (χ4n) is 15.2. The first-order valence-electron chi connectivity index (χ1n) is 43.9. The molecular formula is C94H81B2N3OSe. The molecule has 0 saturated carbocycles. The molecule has 7 heteroatoms. The van der Waals surface area contributed by atoms with Crippen molar-refractivity contribution >= 4 is 126 Å². The Kier molecular flexibility index (Phi) is 10.4. The van der Waals surface area contributed by atoms with Crippen LogP contribution in [0.1, 0.15) is 131 Å². The predicted octanol–water partition coefficient (Wildman–Crippen LogP) is 19.3. The average molecular weight is 1390 g/mol. The van der Waals surface area contributed by atoms with Gasteiger partial charge >= 0.3 is 498 Å². The van der Waals surface area contributed by atoms with Gasteiger partial charge in [0.2, 0.25) is 0 Å². The minimum absolute atomic E-state index is 0.0224. The van der Waals surface area contributed by atoms with Gasteiger partial charge in [0.05, 0.1) is 9.60 Å². The van der Waals surface area contributed by atoms with Crippen LogP contribution < -0.4 is 56.2 Å². The van der Waals surface area contributed by atoms with E-state index in [0.29, 0.717) is 50.5 Å². The SMILES string of the molecule is [2H]c1c([2H])c([2H])c2c(c1[2H])Oc1c3c(c([2H])c4c1B1c5c(cc(C(C)(C)C)cc5N4c4c(-c5ccccc5)cc(C(C)(C)C)cc4-c4ccccc4)N(c4c(-c5ccccc5)cc(C(C)(C)C)cc4-c4ccccc4)c4c([2H])c(-n5c6c([2H])c([2H])c([2H])c([2H])c6c6c([2H])c(C(C)(C)C)c([2H])c([2H])c65)c([2H])c([2H])c41)[Se]c1c([2H])c([2H])c([2H])c([2H])c1B23. The molecule has 0 fully saturated rings. The number of hydrogen-bond acceptors (Lipinski definition) is 3. The molecule has 0 amide bonds. The van der Waals surface area contributed by atoms with Crippen LogP contribution in [0.3, 0.4) is 0 Å². The van der Waals surface area contributed by atoms with E-state index in [2.05, 4.69) is 104 Å². The van der Waals surface area contributed by atoms with Crippen molar-refractivity contribution in [2.45, 2.75) is 105 Å². The zero-order valence-electron chi connectivity index (χ0n) is 77.3. The first-order chi connectivity index (χ1) is 56.6. The first-order valence-corrected chi connectivity index (χ1v) is 36.1. The summed E-state index contributed by atoms with van der Waals surface area (Å²) in [4.78, 5) is 4.09. The molecule has 18 rings (SSSR count). The van der Waals surface area contributed by atoms with E-state index in [1.54, 1.807) is 20.8 Å². The van der Waals surface area contributed by atoms with Crippen LogP contribution in [0, 0.1) is 0 Å². The van der Waals surface area contributed by atoms with Crippen molar-refractivity contribution in [3.8, 4) is 61.7 Å². The Hall–Kier alpha value is -10.3. The first kappa shape index (κ1) is 45.5. The Morgan fingerprint density at radius 3 is 1.36 bits per heavy atom. The Morgan fingerprint density at radius 2 is 0.822 bits per heavy atom. The predicted molar refractivity (Wildman–Crippen MR) is 434 cm³/mol. The average Bonchev–Trinajstić information content (AvgIpc) is 0.691. The second-order valence-corrected chi connectivity index (χ2v) is 33.1. The van der Waals surface area contributed by atoms with Crippen molar-refractivity contribution in [1.82, 2.24) is 4.57 Å². The van der Waals surface area contributed by atoms with Crippen LogP contribution in [0.5, 0.6) is 11.5 Å². The number of fused-ring (bicyclic) bond motifs is 12. The summed E-state index contributed by atoms with van der Waals surface area (Å²) in [6, 6.07) is 42.3. The normalized spacial score (nSPS) is 16.3. The van der Waals surface area contributed by atoms with E-state index >= 15 is 0 Å². The molecule has 0 N–H and O–H groups in total. The van der Waals surface area contributed by atoms with Crippen LogP contribution in [-0.4, -0.2) is 32.9 Å². The van der Waals surface area contributed by atoms with E-state index in [1.165, 1.54) is 4.57 Å². The number of hydrogen-bond donors (Lipinski definition) is 0. The van der Waals surface area contributed by atoms with Gasteiger partial charge in [-0.15, -0.1) is 0 Å². The number of nitrogens with zero attached hydrogens (tertiary/aromatic N) is 3. The summed E-state index contributed by atoms with van der Waals surface area (Å²) >= 11 is -1.24. The molecule has 4 aliphatic rings. The van der Waals surface area contributed by atoms with Gasteiger partial charge in [0.25, 0.3) is 0 Å². The molecular weight excluding hydrogens is 1290 g/mol. The monoisotopic (exact) mass is 1390 g/mol. The molecule has 1 aromatic heterocycles.